The van der Waals surface area contributed by atoms with Crippen molar-refractivity contribution in [3.63, 3.8) is 0 Å². The monoisotopic (exact) mass is 367 g/mol. The number of nitrogens with two attached hydrogens (primary N) is 1. The Hall–Kier alpha value is -1.03. The molecule has 2 rings (SSSR count). The number of hydrogen-bond acceptors (Lipinski definition) is 2. The minimum absolute atomic E-state index is 0. The van der Waals surface area contributed by atoms with Gasteiger partial charge in [-0.2, -0.15) is 0 Å². The number of thioether (sulfide) groups is 1. The van der Waals surface area contributed by atoms with Gasteiger partial charge in [-0.3, -0.25) is 0 Å². The summed E-state index contributed by atoms with van der Waals surface area (Å²) < 4.78 is 12.9. The second-order valence-corrected chi connectivity index (χ2v) is 8.09. The van der Waals surface area contributed by atoms with E-state index in [1.807, 2.05) is 11.8 Å². The lowest BCUT2D eigenvalue weighted by molar-refractivity contribution is 0.589. The van der Waals surface area contributed by atoms with Gasteiger partial charge in [0.15, 0.2) is 0 Å². The first-order valence-electron chi connectivity index (χ1n) is 8.10. The molecule has 0 bridgehead atoms. The number of rotatable bonds is 6. The number of hydrogen-bond donors (Lipinski definition) is 1. The molecule has 0 saturated carbocycles. The highest BCUT2D eigenvalue weighted by atomic mass is 35.5. The summed E-state index contributed by atoms with van der Waals surface area (Å²) in [5, 5.41) is 0. The van der Waals surface area contributed by atoms with Crippen molar-refractivity contribution in [3.8, 4) is 0 Å². The molecule has 0 aliphatic rings. The lowest BCUT2D eigenvalue weighted by Crippen LogP contribution is -2.10. The third-order valence-electron chi connectivity index (χ3n) is 3.95. The van der Waals surface area contributed by atoms with E-state index in [1.165, 1.54) is 22.6 Å². The molecule has 132 valence electrons. The minimum atomic E-state index is -0.213. The summed E-state index contributed by atoms with van der Waals surface area (Å²) in [4.78, 5) is 1.30. The van der Waals surface area contributed by atoms with Crippen molar-refractivity contribution in [2.75, 3.05) is 5.75 Å². The third-order valence-corrected chi connectivity index (χ3v) is 5.04. The van der Waals surface area contributed by atoms with E-state index >= 15 is 0 Å². The Morgan fingerprint density at radius 2 is 1.58 bits per heavy atom. The van der Waals surface area contributed by atoms with Crippen LogP contribution in [0.3, 0.4) is 0 Å². The van der Waals surface area contributed by atoms with Gasteiger partial charge in [0, 0.05) is 10.9 Å². The summed E-state index contributed by atoms with van der Waals surface area (Å²) >= 11 is 1.86. The fourth-order valence-electron chi connectivity index (χ4n) is 2.42. The number of halogens is 2. The Balaban J connectivity index is 0.00000288. The predicted octanol–water partition coefficient (Wildman–Crippen LogP) is 6.12. The summed E-state index contributed by atoms with van der Waals surface area (Å²) in [6.45, 7) is 6.68. The van der Waals surface area contributed by atoms with Gasteiger partial charge < -0.3 is 5.73 Å². The molecule has 24 heavy (non-hydrogen) atoms. The molecule has 1 nitrogen and oxygen atoms in total. The Bertz CT molecular complexity index is 605. The van der Waals surface area contributed by atoms with Gasteiger partial charge in [0.1, 0.15) is 5.82 Å². The smallest absolute Gasteiger partial charge is 0.123 e. The molecule has 0 amide bonds. The molecule has 0 fully saturated rings. The summed E-state index contributed by atoms with van der Waals surface area (Å²) in [5.74, 6) is 0.833. The highest BCUT2D eigenvalue weighted by Crippen LogP contribution is 2.26. The molecule has 0 radical (unpaired) electrons. The van der Waals surface area contributed by atoms with Crippen LogP contribution in [0.1, 0.15) is 50.8 Å². The third kappa shape index (κ3) is 6.46. The zero-order chi connectivity index (χ0) is 16.9. The first-order valence-corrected chi connectivity index (χ1v) is 9.09. The van der Waals surface area contributed by atoms with Crippen LogP contribution in [0.25, 0.3) is 0 Å². The van der Waals surface area contributed by atoms with Gasteiger partial charge in [0.05, 0.1) is 0 Å². The summed E-state index contributed by atoms with van der Waals surface area (Å²) in [7, 11) is 0. The maximum atomic E-state index is 12.9. The Kier molecular flexibility index (Phi) is 8.28. The largest absolute Gasteiger partial charge is 0.324 e. The van der Waals surface area contributed by atoms with Crippen LogP contribution in [0.15, 0.2) is 53.4 Å². The van der Waals surface area contributed by atoms with E-state index < -0.39 is 0 Å². The molecule has 4 heteroatoms. The van der Waals surface area contributed by atoms with E-state index in [-0.39, 0.29) is 29.7 Å². The van der Waals surface area contributed by atoms with Crippen LogP contribution in [0.2, 0.25) is 0 Å². The van der Waals surface area contributed by atoms with E-state index in [0.29, 0.717) is 0 Å². The molecule has 0 aromatic heterocycles. The van der Waals surface area contributed by atoms with Crippen molar-refractivity contribution < 1.29 is 4.39 Å². The summed E-state index contributed by atoms with van der Waals surface area (Å²) in [6.07, 6.45) is 1.96. The van der Waals surface area contributed by atoms with Crippen LogP contribution in [-0.4, -0.2) is 5.75 Å². The van der Waals surface area contributed by atoms with E-state index in [9.17, 15) is 4.39 Å². The van der Waals surface area contributed by atoms with E-state index in [0.717, 1.165) is 24.2 Å². The molecule has 0 heterocycles. The molecule has 0 aliphatic carbocycles. The maximum absolute atomic E-state index is 12.9. The second kappa shape index (κ2) is 9.45. The molecule has 2 aromatic rings. The first kappa shape index (κ1) is 21.0. The lowest BCUT2D eigenvalue weighted by Gasteiger charge is -2.19. The summed E-state index contributed by atoms with van der Waals surface area (Å²) in [6, 6.07) is 15.3. The molecule has 0 aliphatic heterocycles. The average molecular weight is 368 g/mol. The second-order valence-electron chi connectivity index (χ2n) is 6.92. The molecule has 1 atom stereocenters. The van der Waals surface area contributed by atoms with Gasteiger partial charge in [0.2, 0.25) is 0 Å². The molecule has 2 aromatic carbocycles. The normalized spacial score (nSPS) is 12.5. The van der Waals surface area contributed by atoms with Crippen LogP contribution in [0.5, 0.6) is 0 Å². The fraction of sp³-hybridized carbons (Fsp3) is 0.400. The van der Waals surface area contributed by atoms with Crippen molar-refractivity contribution in [3.05, 3.63) is 65.5 Å². The predicted molar refractivity (Wildman–Crippen MR) is 106 cm³/mol. The lowest BCUT2D eigenvalue weighted by atomic mass is 9.87. The Morgan fingerprint density at radius 3 is 2.12 bits per heavy atom. The molecular weight excluding hydrogens is 341 g/mol. The Morgan fingerprint density at radius 1 is 1.00 bits per heavy atom. The fourth-order valence-corrected chi connectivity index (χ4v) is 3.30. The van der Waals surface area contributed by atoms with Crippen molar-refractivity contribution >= 4 is 24.2 Å². The SMILES string of the molecule is CC(C)(C)c1ccc(SCCCC(N)c2ccc(F)cc2)cc1.Cl. The quantitative estimate of drug-likeness (QED) is 0.491. The average Bonchev–Trinajstić information content (AvgIpc) is 2.51. The van der Waals surface area contributed by atoms with Gasteiger partial charge in [-0.15, -0.1) is 24.2 Å². The molecular formula is C20H27ClFNS. The van der Waals surface area contributed by atoms with Crippen LogP contribution in [0.4, 0.5) is 4.39 Å². The van der Waals surface area contributed by atoms with Gasteiger partial charge in [-0.05, 0) is 59.4 Å². The zero-order valence-corrected chi connectivity index (χ0v) is 16.2. The van der Waals surface area contributed by atoms with Crippen molar-refractivity contribution in [1.82, 2.24) is 0 Å². The first-order chi connectivity index (χ1) is 10.9. The van der Waals surface area contributed by atoms with Gasteiger partial charge in [-0.1, -0.05) is 45.0 Å². The topological polar surface area (TPSA) is 26.0 Å². The molecule has 0 spiro atoms. The van der Waals surface area contributed by atoms with Crippen LogP contribution >= 0.6 is 24.2 Å². The standard InChI is InChI=1S/C20H26FNS.ClH/c1-20(2,3)16-8-12-18(13-9-16)23-14-4-5-19(22)15-6-10-17(21)11-7-15;/h6-13,19H,4-5,14,22H2,1-3H3;1H. The van der Waals surface area contributed by atoms with E-state index in [2.05, 4.69) is 45.0 Å². The molecule has 0 saturated heterocycles. The van der Waals surface area contributed by atoms with Crippen LogP contribution in [-0.2, 0) is 5.41 Å². The zero-order valence-electron chi connectivity index (χ0n) is 14.6. The van der Waals surface area contributed by atoms with Crippen LogP contribution in [0, 0.1) is 5.82 Å². The number of benzene rings is 2. The highest BCUT2D eigenvalue weighted by Gasteiger charge is 2.12. The molecule has 1 unspecified atom stereocenters. The van der Waals surface area contributed by atoms with Crippen LogP contribution < -0.4 is 5.73 Å². The van der Waals surface area contributed by atoms with E-state index in [4.69, 9.17) is 5.73 Å². The maximum Gasteiger partial charge on any atom is 0.123 e. The molecule has 2 N–H and O–H groups in total. The van der Waals surface area contributed by atoms with Crippen molar-refractivity contribution in [1.29, 1.82) is 0 Å². The van der Waals surface area contributed by atoms with Crippen molar-refractivity contribution in [2.24, 2.45) is 5.73 Å². The van der Waals surface area contributed by atoms with Crippen molar-refractivity contribution in [2.45, 2.75) is 50.0 Å². The van der Waals surface area contributed by atoms with Gasteiger partial charge in [0.25, 0.3) is 0 Å². The van der Waals surface area contributed by atoms with E-state index in [1.54, 1.807) is 12.1 Å². The van der Waals surface area contributed by atoms with Gasteiger partial charge in [-0.25, -0.2) is 4.39 Å². The van der Waals surface area contributed by atoms with Gasteiger partial charge >= 0.3 is 0 Å². The Labute approximate surface area is 155 Å². The minimum Gasteiger partial charge on any atom is -0.324 e. The summed E-state index contributed by atoms with van der Waals surface area (Å²) in [5.41, 5.74) is 8.73. The highest BCUT2D eigenvalue weighted by molar-refractivity contribution is 7.99.